The van der Waals surface area contributed by atoms with E-state index in [1.54, 1.807) is 12.1 Å². The molecule has 1 heterocycles. The zero-order valence-corrected chi connectivity index (χ0v) is 17.1. The van der Waals surface area contributed by atoms with Crippen LogP contribution in [0.3, 0.4) is 0 Å². The zero-order chi connectivity index (χ0) is 21.1. The monoisotopic (exact) mass is 434 g/mol. The molecule has 1 aliphatic heterocycles. The summed E-state index contributed by atoms with van der Waals surface area (Å²) in [6.07, 6.45) is 1.34. The maximum absolute atomic E-state index is 13.2. The van der Waals surface area contributed by atoms with Crippen LogP contribution in [0, 0.1) is 5.82 Å². The number of methoxy groups -OCH3 is 1. The molecule has 0 radical (unpaired) electrons. The molecule has 1 fully saturated rings. The van der Waals surface area contributed by atoms with E-state index in [0.717, 1.165) is 4.90 Å². The van der Waals surface area contributed by atoms with E-state index in [4.69, 9.17) is 33.3 Å². The fraction of sp³-hybridized carbons (Fsp3) is 0.150. The van der Waals surface area contributed by atoms with E-state index in [9.17, 15) is 14.0 Å². The predicted molar refractivity (Wildman–Crippen MR) is 112 cm³/mol. The van der Waals surface area contributed by atoms with Gasteiger partial charge in [-0.1, -0.05) is 11.6 Å². The first kappa shape index (κ1) is 20.8. The van der Waals surface area contributed by atoms with Crippen LogP contribution < -0.4 is 19.7 Å². The van der Waals surface area contributed by atoms with Crippen molar-refractivity contribution >= 4 is 52.5 Å². The smallest absolute Gasteiger partial charge is 0.270 e. The molecular weight excluding hydrogens is 419 g/mol. The second-order valence-electron chi connectivity index (χ2n) is 5.89. The number of halogens is 2. The molecule has 2 aromatic rings. The number of nitrogens with one attached hydrogen (secondary N) is 1. The van der Waals surface area contributed by atoms with E-state index in [2.05, 4.69) is 5.32 Å². The maximum Gasteiger partial charge on any atom is 0.270 e. The van der Waals surface area contributed by atoms with Crippen LogP contribution in [0.5, 0.6) is 11.5 Å². The Labute approximate surface area is 176 Å². The van der Waals surface area contributed by atoms with Gasteiger partial charge in [-0.05, 0) is 61.1 Å². The van der Waals surface area contributed by atoms with Crippen LogP contribution in [-0.2, 0) is 9.59 Å². The van der Waals surface area contributed by atoms with Gasteiger partial charge in [-0.3, -0.25) is 19.8 Å². The Balaban J connectivity index is 2.03. The van der Waals surface area contributed by atoms with Gasteiger partial charge in [0.05, 0.1) is 24.4 Å². The Bertz CT molecular complexity index is 1020. The van der Waals surface area contributed by atoms with Crippen LogP contribution >= 0.6 is 23.8 Å². The van der Waals surface area contributed by atoms with Crippen LogP contribution in [0.25, 0.3) is 6.08 Å². The molecule has 2 amide bonds. The number of amides is 2. The normalized spacial score (nSPS) is 15.5. The molecule has 0 aliphatic carbocycles. The summed E-state index contributed by atoms with van der Waals surface area (Å²) in [5, 5.41) is 2.63. The van der Waals surface area contributed by atoms with Gasteiger partial charge in [-0.15, -0.1) is 0 Å². The lowest BCUT2D eigenvalue weighted by atomic mass is 10.1. The van der Waals surface area contributed by atoms with Crippen molar-refractivity contribution in [2.45, 2.75) is 6.92 Å². The minimum atomic E-state index is -0.665. The summed E-state index contributed by atoms with van der Waals surface area (Å²) in [4.78, 5) is 26.5. The lowest BCUT2D eigenvalue weighted by molar-refractivity contribution is -0.122. The van der Waals surface area contributed by atoms with Crippen LogP contribution in [-0.4, -0.2) is 30.6 Å². The Morgan fingerprint density at radius 3 is 2.52 bits per heavy atom. The minimum Gasteiger partial charge on any atom is -0.493 e. The van der Waals surface area contributed by atoms with E-state index in [0.29, 0.717) is 29.4 Å². The number of carbonyl (C=O) groups is 2. The second-order valence-corrected chi connectivity index (χ2v) is 6.69. The Morgan fingerprint density at radius 2 is 1.90 bits per heavy atom. The van der Waals surface area contributed by atoms with Crippen LogP contribution in [0.4, 0.5) is 10.1 Å². The topological polar surface area (TPSA) is 67.9 Å². The fourth-order valence-corrected chi connectivity index (χ4v) is 3.22. The van der Waals surface area contributed by atoms with Crippen LogP contribution in [0.1, 0.15) is 12.5 Å². The molecule has 0 unspecified atom stereocenters. The van der Waals surface area contributed by atoms with E-state index in [-0.39, 0.29) is 15.7 Å². The maximum atomic E-state index is 13.2. The number of hydrogen-bond donors (Lipinski definition) is 1. The Morgan fingerprint density at radius 1 is 1.21 bits per heavy atom. The van der Waals surface area contributed by atoms with E-state index in [1.165, 1.54) is 37.5 Å². The molecule has 0 aromatic heterocycles. The van der Waals surface area contributed by atoms with Gasteiger partial charge < -0.3 is 9.47 Å². The van der Waals surface area contributed by atoms with Gasteiger partial charge in [0, 0.05) is 6.07 Å². The summed E-state index contributed by atoms with van der Waals surface area (Å²) in [6.45, 7) is 2.24. The standard InChI is InChI=1S/C20H16ClFN2O4S/c1-3-28-17-10-15(21)11(9-16(17)27-2)8-14-18(25)23-20(29)24(19(14)26)13-6-4-12(22)5-7-13/h4-10H,3H2,1-2H3,(H,23,25,29)/b14-8+. The SMILES string of the molecule is CCOc1cc(Cl)c(/C=C2\C(=O)NC(=S)N(c3ccc(F)cc3)C2=O)cc1OC. The summed E-state index contributed by atoms with van der Waals surface area (Å²) < 4.78 is 24.0. The van der Waals surface area contributed by atoms with Gasteiger partial charge in [0.25, 0.3) is 11.8 Å². The van der Waals surface area contributed by atoms with Gasteiger partial charge >= 0.3 is 0 Å². The fourth-order valence-electron chi connectivity index (χ4n) is 2.73. The van der Waals surface area contributed by atoms with Crippen LogP contribution in [0.15, 0.2) is 42.0 Å². The third-order valence-electron chi connectivity index (χ3n) is 4.07. The quantitative estimate of drug-likeness (QED) is 0.441. The van der Waals surface area contributed by atoms with E-state index >= 15 is 0 Å². The van der Waals surface area contributed by atoms with E-state index < -0.39 is 17.6 Å². The van der Waals surface area contributed by atoms with E-state index in [1.807, 2.05) is 6.92 Å². The molecule has 0 atom stereocenters. The third kappa shape index (κ3) is 4.23. The molecule has 150 valence electrons. The first-order valence-corrected chi connectivity index (χ1v) is 9.31. The highest BCUT2D eigenvalue weighted by Crippen LogP contribution is 2.35. The number of anilines is 1. The number of nitrogens with zero attached hydrogens (tertiary/aromatic N) is 1. The van der Waals surface area contributed by atoms with Crippen molar-refractivity contribution in [3.05, 3.63) is 58.4 Å². The molecule has 29 heavy (non-hydrogen) atoms. The van der Waals surface area contributed by atoms with Crippen LogP contribution in [0.2, 0.25) is 5.02 Å². The number of rotatable bonds is 5. The average Bonchev–Trinajstić information content (AvgIpc) is 2.68. The minimum absolute atomic E-state index is 0.0980. The van der Waals surface area contributed by atoms with Crippen molar-refractivity contribution in [2.24, 2.45) is 0 Å². The van der Waals surface area contributed by atoms with Gasteiger partial charge in [0.1, 0.15) is 11.4 Å². The molecular formula is C20H16ClFN2O4S. The van der Waals surface area contributed by atoms with Gasteiger partial charge in [0.15, 0.2) is 16.6 Å². The molecule has 1 aliphatic rings. The highest BCUT2D eigenvalue weighted by atomic mass is 35.5. The van der Waals surface area contributed by atoms with Crippen molar-refractivity contribution in [2.75, 3.05) is 18.6 Å². The number of carbonyl (C=O) groups excluding carboxylic acids is 2. The van der Waals surface area contributed by atoms with Gasteiger partial charge in [0.2, 0.25) is 0 Å². The lowest BCUT2D eigenvalue weighted by Crippen LogP contribution is -2.54. The highest BCUT2D eigenvalue weighted by molar-refractivity contribution is 7.80. The largest absolute Gasteiger partial charge is 0.493 e. The summed E-state index contributed by atoms with van der Waals surface area (Å²) >= 11 is 11.4. The lowest BCUT2D eigenvalue weighted by Gasteiger charge is -2.29. The summed E-state index contributed by atoms with van der Waals surface area (Å²) in [5.74, 6) is -0.942. The number of thiocarbonyl (C=S) groups is 1. The molecule has 0 saturated carbocycles. The molecule has 9 heteroatoms. The van der Waals surface area contributed by atoms with Crippen molar-refractivity contribution < 1.29 is 23.5 Å². The average molecular weight is 435 g/mol. The molecule has 2 aromatic carbocycles. The first-order chi connectivity index (χ1) is 13.8. The molecule has 3 rings (SSSR count). The van der Waals surface area contributed by atoms with Crippen molar-refractivity contribution in [1.82, 2.24) is 5.32 Å². The second kappa shape index (κ2) is 8.59. The van der Waals surface area contributed by atoms with Crippen molar-refractivity contribution in [3.63, 3.8) is 0 Å². The predicted octanol–water partition coefficient (Wildman–Crippen LogP) is 3.72. The number of hydrogen-bond acceptors (Lipinski definition) is 5. The van der Waals surface area contributed by atoms with Gasteiger partial charge in [-0.2, -0.15) is 0 Å². The Kier molecular flexibility index (Phi) is 6.14. The summed E-state index contributed by atoms with van der Waals surface area (Å²) in [7, 11) is 1.47. The molecule has 1 N–H and O–H groups in total. The van der Waals surface area contributed by atoms with Crippen molar-refractivity contribution in [1.29, 1.82) is 0 Å². The first-order valence-electron chi connectivity index (χ1n) is 8.53. The molecule has 0 spiro atoms. The molecule has 0 bridgehead atoms. The number of ether oxygens (including phenoxy) is 2. The van der Waals surface area contributed by atoms with Crippen molar-refractivity contribution in [3.8, 4) is 11.5 Å². The summed E-state index contributed by atoms with van der Waals surface area (Å²) in [5.41, 5.74) is 0.524. The van der Waals surface area contributed by atoms with Gasteiger partial charge in [-0.25, -0.2) is 4.39 Å². The number of benzene rings is 2. The molecule has 6 nitrogen and oxygen atoms in total. The third-order valence-corrected chi connectivity index (χ3v) is 4.68. The Hall–Kier alpha value is -2.97. The highest BCUT2D eigenvalue weighted by Gasteiger charge is 2.34. The zero-order valence-electron chi connectivity index (χ0n) is 15.5. The summed E-state index contributed by atoms with van der Waals surface area (Å²) in [6, 6.07) is 8.28. The molecule has 1 saturated heterocycles.